The summed E-state index contributed by atoms with van der Waals surface area (Å²) >= 11 is 0. The minimum atomic E-state index is -0.0247. The summed E-state index contributed by atoms with van der Waals surface area (Å²) in [6, 6.07) is 2.03. The summed E-state index contributed by atoms with van der Waals surface area (Å²) in [5.74, 6) is 2.08. The van der Waals surface area contributed by atoms with Crippen LogP contribution in [0.1, 0.15) is 71.8 Å². The Balaban J connectivity index is 2.72. The zero-order valence-corrected chi connectivity index (χ0v) is 14.3. The molecule has 0 aromatic carbocycles. The van der Waals surface area contributed by atoms with Gasteiger partial charge in [-0.25, -0.2) is 4.99 Å². The van der Waals surface area contributed by atoms with Crippen molar-refractivity contribution in [3.05, 3.63) is 17.5 Å². The van der Waals surface area contributed by atoms with Gasteiger partial charge in [-0.1, -0.05) is 19.0 Å². The Labute approximate surface area is 128 Å². The monoisotopic (exact) mass is 294 g/mol. The second-order valence-corrected chi connectivity index (χ2v) is 6.30. The molecule has 2 N–H and O–H groups in total. The maximum absolute atomic E-state index is 5.40. The van der Waals surface area contributed by atoms with Crippen molar-refractivity contribution in [1.29, 1.82) is 0 Å². The standard InChI is InChI=1S/C16H30N4O/c1-7-12(8-2)14-10-13(21-20-14)11-18-15(17-9-3)19-16(4,5)6/h10,12H,7-9,11H2,1-6H3,(H2,17,18,19). The van der Waals surface area contributed by atoms with E-state index in [2.05, 4.69) is 62.3 Å². The van der Waals surface area contributed by atoms with E-state index in [4.69, 9.17) is 4.52 Å². The molecule has 0 aliphatic heterocycles. The molecule has 5 nitrogen and oxygen atoms in total. The van der Waals surface area contributed by atoms with Gasteiger partial charge in [0, 0.05) is 24.1 Å². The molecule has 21 heavy (non-hydrogen) atoms. The molecule has 5 heteroatoms. The van der Waals surface area contributed by atoms with Crippen LogP contribution in [0, 0.1) is 0 Å². The van der Waals surface area contributed by atoms with Crippen LogP contribution in [0.5, 0.6) is 0 Å². The second-order valence-electron chi connectivity index (χ2n) is 6.30. The molecule has 0 radical (unpaired) electrons. The van der Waals surface area contributed by atoms with Crippen LogP contribution < -0.4 is 10.6 Å². The van der Waals surface area contributed by atoms with E-state index in [1.807, 2.05) is 6.07 Å². The first kappa shape index (κ1) is 17.5. The molecule has 120 valence electrons. The molecule has 1 heterocycles. The van der Waals surface area contributed by atoms with Crippen LogP contribution in [0.2, 0.25) is 0 Å². The highest BCUT2D eigenvalue weighted by Gasteiger charge is 2.14. The summed E-state index contributed by atoms with van der Waals surface area (Å²) in [5.41, 5.74) is 1.02. The van der Waals surface area contributed by atoms with E-state index in [-0.39, 0.29) is 5.54 Å². The molecule has 0 amide bonds. The molecule has 0 atom stereocenters. The lowest BCUT2D eigenvalue weighted by molar-refractivity contribution is 0.372. The number of guanidine groups is 1. The van der Waals surface area contributed by atoms with Crippen molar-refractivity contribution in [2.75, 3.05) is 6.54 Å². The molecule has 0 fully saturated rings. The first-order chi connectivity index (χ1) is 9.89. The highest BCUT2D eigenvalue weighted by Crippen LogP contribution is 2.22. The molecule has 0 saturated heterocycles. The molecular weight excluding hydrogens is 264 g/mol. The fourth-order valence-corrected chi connectivity index (χ4v) is 2.12. The highest BCUT2D eigenvalue weighted by atomic mass is 16.5. The van der Waals surface area contributed by atoms with E-state index >= 15 is 0 Å². The zero-order valence-electron chi connectivity index (χ0n) is 14.3. The number of hydrogen-bond donors (Lipinski definition) is 2. The van der Waals surface area contributed by atoms with Crippen molar-refractivity contribution in [1.82, 2.24) is 15.8 Å². The lowest BCUT2D eigenvalue weighted by Gasteiger charge is -2.23. The van der Waals surface area contributed by atoms with Crippen molar-refractivity contribution >= 4 is 5.96 Å². The second kappa shape index (κ2) is 8.05. The third-order valence-corrected chi connectivity index (χ3v) is 3.21. The van der Waals surface area contributed by atoms with Crippen molar-refractivity contribution < 1.29 is 4.52 Å². The summed E-state index contributed by atoms with van der Waals surface area (Å²) in [5, 5.41) is 10.8. The van der Waals surface area contributed by atoms with Gasteiger partial charge < -0.3 is 15.2 Å². The van der Waals surface area contributed by atoms with Gasteiger partial charge in [0.2, 0.25) is 0 Å². The fraction of sp³-hybridized carbons (Fsp3) is 0.750. The maximum Gasteiger partial charge on any atom is 0.192 e. The molecule has 0 bridgehead atoms. The van der Waals surface area contributed by atoms with Gasteiger partial charge in [0.25, 0.3) is 0 Å². The molecule has 0 aliphatic carbocycles. The van der Waals surface area contributed by atoms with Crippen LogP contribution in [0.4, 0.5) is 0 Å². The number of nitrogens with one attached hydrogen (secondary N) is 2. The topological polar surface area (TPSA) is 62.5 Å². The first-order valence-electron chi connectivity index (χ1n) is 7.91. The minimum absolute atomic E-state index is 0.0247. The number of hydrogen-bond acceptors (Lipinski definition) is 3. The van der Waals surface area contributed by atoms with Crippen LogP contribution in [-0.2, 0) is 6.54 Å². The van der Waals surface area contributed by atoms with Gasteiger partial charge in [-0.05, 0) is 40.5 Å². The van der Waals surface area contributed by atoms with E-state index in [0.717, 1.165) is 36.8 Å². The zero-order chi connectivity index (χ0) is 15.9. The van der Waals surface area contributed by atoms with Crippen molar-refractivity contribution in [3.63, 3.8) is 0 Å². The van der Waals surface area contributed by atoms with Gasteiger partial charge in [0.05, 0.1) is 5.69 Å². The van der Waals surface area contributed by atoms with Gasteiger partial charge in [-0.15, -0.1) is 0 Å². The van der Waals surface area contributed by atoms with Crippen LogP contribution in [0.15, 0.2) is 15.6 Å². The SMILES string of the molecule is CCNC(=NCc1cc(C(CC)CC)no1)NC(C)(C)C. The molecule has 1 rings (SSSR count). The van der Waals surface area contributed by atoms with Crippen LogP contribution in [0.3, 0.4) is 0 Å². The van der Waals surface area contributed by atoms with Crippen molar-refractivity contribution in [2.45, 2.75) is 72.4 Å². The lowest BCUT2D eigenvalue weighted by atomic mass is 9.99. The van der Waals surface area contributed by atoms with Gasteiger partial charge in [0.15, 0.2) is 11.7 Å². The Morgan fingerprint density at radius 1 is 1.29 bits per heavy atom. The third-order valence-electron chi connectivity index (χ3n) is 3.21. The van der Waals surface area contributed by atoms with E-state index in [0.29, 0.717) is 12.5 Å². The van der Waals surface area contributed by atoms with Crippen molar-refractivity contribution in [2.24, 2.45) is 4.99 Å². The van der Waals surface area contributed by atoms with Crippen LogP contribution in [-0.4, -0.2) is 23.2 Å². The Kier molecular flexibility index (Phi) is 6.72. The molecular formula is C16H30N4O. The Morgan fingerprint density at radius 2 is 1.95 bits per heavy atom. The van der Waals surface area contributed by atoms with E-state index in [1.54, 1.807) is 0 Å². The van der Waals surface area contributed by atoms with E-state index < -0.39 is 0 Å². The largest absolute Gasteiger partial charge is 0.359 e. The Bertz CT molecular complexity index is 441. The summed E-state index contributed by atoms with van der Waals surface area (Å²) in [7, 11) is 0. The Morgan fingerprint density at radius 3 is 2.48 bits per heavy atom. The molecule has 0 unspecified atom stereocenters. The molecule has 1 aromatic rings. The molecule has 0 saturated carbocycles. The molecule has 1 aromatic heterocycles. The van der Waals surface area contributed by atoms with Gasteiger partial charge >= 0.3 is 0 Å². The summed E-state index contributed by atoms with van der Waals surface area (Å²) < 4.78 is 5.40. The van der Waals surface area contributed by atoms with Gasteiger partial charge in [-0.3, -0.25) is 0 Å². The maximum atomic E-state index is 5.40. The average Bonchev–Trinajstić information content (AvgIpc) is 2.85. The molecule has 0 spiro atoms. The predicted molar refractivity (Wildman–Crippen MR) is 87.5 cm³/mol. The third kappa shape index (κ3) is 6.19. The molecule has 0 aliphatic rings. The quantitative estimate of drug-likeness (QED) is 0.623. The van der Waals surface area contributed by atoms with Crippen LogP contribution in [0.25, 0.3) is 0 Å². The van der Waals surface area contributed by atoms with Gasteiger partial charge in [-0.2, -0.15) is 0 Å². The van der Waals surface area contributed by atoms with Crippen molar-refractivity contribution in [3.8, 4) is 0 Å². The predicted octanol–water partition coefficient (Wildman–Crippen LogP) is 3.43. The minimum Gasteiger partial charge on any atom is -0.359 e. The van der Waals surface area contributed by atoms with Gasteiger partial charge in [0.1, 0.15) is 6.54 Å². The highest BCUT2D eigenvalue weighted by molar-refractivity contribution is 5.80. The average molecular weight is 294 g/mol. The number of aliphatic imine (C=N–C) groups is 1. The number of aromatic nitrogens is 1. The summed E-state index contributed by atoms with van der Waals surface area (Å²) in [6.45, 7) is 14.1. The summed E-state index contributed by atoms with van der Waals surface area (Å²) in [6.07, 6.45) is 2.17. The Hall–Kier alpha value is -1.52. The van der Waals surface area contributed by atoms with Crippen LogP contribution >= 0.6 is 0 Å². The van der Waals surface area contributed by atoms with E-state index in [1.165, 1.54) is 0 Å². The van der Waals surface area contributed by atoms with E-state index in [9.17, 15) is 0 Å². The number of rotatable bonds is 6. The smallest absolute Gasteiger partial charge is 0.192 e. The first-order valence-corrected chi connectivity index (χ1v) is 7.91. The normalized spacial score (nSPS) is 12.8. The number of nitrogens with zero attached hydrogens (tertiary/aromatic N) is 2. The lowest BCUT2D eigenvalue weighted by Crippen LogP contribution is -2.47. The summed E-state index contributed by atoms with van der Waals surface area (Å²) in [4.78, 5) is 4.55. The fourth-order valence-electron chi connectivity index (χ4n) is 2.12.